The third-order valence-electron chi connectivity index (χ3n) is 6.37. The Hall–Kier alpha value is -4.62. The molecule has 2 amide bonds. The van der Waals surface area contributed by atoms with Crippen molar-refractivity contribution in [3.63, 3.8) is 0 Å². The van der Waals surface area contributed by atoms with Gasteiger partial charge in [-0.15, -0.1) is 0 Å². The SMILES string of the molecule is Cn1cc(-c2ccc(NC(=O)Nc3cc(C4(C(F)(F)F)CC4)on3)c3nccn23)c2c(N)ncnc21. The van der Waals surface area contributed by atoms with E-state index in [2.05, 4.69) is 30.7 Å². The van der Waals surface area contributed by atoms with Crippen LogP contribution in [-0.2, 0) is 12.5 Å². The number of alkyl halides is 3. The lowest BCUT2D eigenvalue weighted by atomic mass is 10.0. The van der Waals surface area contributed by atoms with Crippen LogP contribution in [0.3, 0.4) is 0 Å². The van der Waals surface area contributed by atoms with Gasteiger partial charge in [0.25, 0.3) is 0 Å². The molecule has 11 nitrogen and oxygen atoms in total. The maximum atomic E-state index is 13.3. The summed E-state index contributed by atoms with van der Waals surface area (Å²) in [4.78, 5) is 25.3. The summed E-state index contributed by atoms with van der Waals surface area (Å²) in [6.45, 7) is 0. The molecule has 0 unspecified atom stereocenters. The molecule has 0 aliphatic heterocycles. The molecule has 0 atom stereocenters. The molecular weight excluding hydrogens is 479 g/mol. The first kappa shape index (κ1) is 21.9. The predicted octanol–water partition coefficient (Wildman–Crippen LogP) is 4.09. The van der Waals surface area contributed by atoms with E-state index in [-0.39, 0.29) is 24.4 Å². The highest BCUT2D eigenvalue weighted by Gasteiger charge is 2.66. The minimum Gasteiger partial charge on any atom is -0.383 e. The number of hydrogen-bond acceptors (Lipinski definition) is 7. The van der Waals surface area contributed by atoms with Gasteiger partial charge in [-0.25, -0.2) is 19.7 Å². The quantitative estimate of drug-likeness (QED) is 0.340. The second-order valence-electron chi connectivity index (χ2n) is 8.60. The van der Waals surface area contributed by atoms with Crippen molar-refractivity contribution in [2.75, 3.05) is 16.4 Å². The highest BCUT2D eigenvalue weighted by atomic mass is 19.4. The van der Waals surface area contributed by atoms with Gasteiger partial charge in [-0.1, -0.05) is 5.16 Å². The minimum absolute atomic E-state index is 0.0734. The monoisotopic (exact) mass is 497 g/mol. The molecule has 184 valence electrons. The van der Waals surface area contributed by atoms with Crippen molar-refractivity contribution < 1.29 is 22.5 Å². The van der Waals surface area contributed by atoms with Crippen molar-refractivity contribution in [1.82, 2.24) is 29.1 Å². The Morgan fingerprint density at radius 2 is 1.97 bits per heavy atom. The van der Waals surface area contributed by atoms with Crippen LogP contribution in [0, 0.1) is 0 Å². The van der Waals surface area contributed by atoms with Crippen molar-refractivity contribution in [3.05, 3.63) is 48.9 Å². The molecule has 0 bridgehead atoms. The molecule has 5 aromatic heterocycles. The lowest BCUT2D eigenvalue weighted by Crippen LogP contribution is -2.28. The van der Waals surface area contributed by atoms with Gasteiger partial charge in [-0.05, 0) is 25.0 Å². The van der Waals surface area contributed by atoms with Crippen molar-refractivity contribution in [3.8, 4) is 11.3 Å². The number of carbonyl (C=O) groups excluding carboxylic acids is 1. The van der Waals surface area contributed by atoms with E-state index in [1.54, 1.807) is 28.9 Å². The molecule has 0 aromatic carbocycles. The van der Waals surface area contributed by atoms with Gasteiger partial charge in [0.2, 0.25) is 0 Å². The normalized spacial score (nSPS) is 14.9. The van der Waals surface area contributed by atoms with E-state index in [9.17, 15) is 18.0 Å². The van der Waals surface area contributed by atoms with E-state index in [1.165, 1.54) is 6.33 Å². The summed E-state index contributed by atoms with van der Waals surface area (Å²) in [6.07, 6.45) is 1.98. The molecule has 1 aliphatic carbocycles. The fourth-order valence-electron chi connectivity index (χ4n) is 4.38. The smallest absolute Gasteiger partial charge is 0.383 e. The molecule has 0 spiro atoms. The van der Waals surface area contributed by atoms with Gasteiger partial charge in [0.1, 0.15) is 23.2 Å². The van der Waals surface area contributed by atoms with E-state index in [4.69, 9.17) is 10.3 Å². The first-order chi connectivity index (χ1) is 17.2. The number of halogens is 3. The molecule has 6 rings (SSSR count). The Labute approximate surface area is 200 Å². The highest BCUT2D eigenvalue weighted by molar-refractivity contribution is 6.03. The summed E-state index contributed by atoms with van der Waals surface area (Å²) in [5.74, 6) is -0.111. The van der Waals surface area contributed by atoms with Crippen molar-refractivity contribution in [2.24, 2.45) is 7.05 Å². The number of imidazole rings is 1. The van der Waals surface area contributed by atoms with Gasteiger partial charge < -0.3 is 20.1 Å². The number of nitrogens with two attached hydrogens (primary N) is 1. The van der Waals surface area contributed by atoms with Gasteiger partial charge >= 0.3 is 12.2 Å². The van der Waals surface area contributed by atoms with E-state index in [1.807, 2.05) is 17.8 Å². The average Bonchev–Trinajstić information content (AvgIpc) is 3.14. The Bertz CT molecular complexity index is 1650. The first-order valence-electron chi connectivity index (χ1n) is 10.8. The highest BCUT2D eigenvalue weighted by Crippen LogP contribution is 2.59. The van der Waals surface area contributed by atoms with Crippen LogP contribution in [0.25, 0.3) is 27.9 Å². The maximum Gasteiger partial charge on any atom is 0.401 e. The molecule has 4 N–H and O–H groups in total. The summed E-state index contributed by atoms with van der Waals surface area (Å²) in [5.41, 5.74) is 7.08. The number of rotatable bonds is 4. The number of hydrogen-bond donors (Lipinski definition) is 3. The van der Waals surface area contributed by atoms with Crippen molar-refractivity contribution >= 4 is 40.0 Å². The molecular formula is C22H18F3N9O2. The van der Waals surface area contributed by atoms with Crippen molar-refractivity contribution in [2.45, 2.75) is 24.4 Å². The van der Waals surface area contributed by atoms with Gasteiger partial charge in [0.05, 0.1) is 16.8 Å². The minimum atomic E-state index is -4.44. The zero-order valence-corrected chi connectivity index (χ0v) is 18.7. The number of anilines is 3. The summed E-state index contributed by atoms with van der Waals surface area (Å²) >= 11 is 0. The largest absolute Gasteiger partial charge is 0.401 e. The van der Waals surface area contributed by atoms with Crippen LogP contribution in [-0.4, -0.2) is 41.3 Å². The number of urea groups is 1. The van der Waals surface area contributed by atoms with Gasteiger partial charge in [-0.3, -0.25) is 9.72 Å². The Kier molecular flexibility index (Phi) is 4.52. The number of fused-ring (bicyclic) bond motifs is 2. The molecule has 36 heavy (non-hydrogen) atoms. The van der Waals surface area contributed by atoms with E-state index in [0.717, 1.165) is 17.3 Å². The fraction of sp³-hybridized carbons (Fsp3) is 0.227. The van der Waals surface area contributed by atoms with Gasteiger partial charge in [0, 0.05) is 37.3 Å². The topological polar surface area (TPSA) is 141 Å². The van der Waals surface area contributed by atoms with Crippen LogP contribution in [0.1, 0.15) is 18.6 Å². The molecule has 1 saturated carbocycles. The molecule has 1 fully saturated rings. The van der Waals surface area contributed by atoms with Crippen LogP contribution in [0.5, 0.6) is 0 Å². The Balaban J connectivity index is 1.28. The first-order valence-corrected chi connectivity index (χ1v) is 10.8. The van der Waals surface area contributed by atoms with Crippen molar-refractivity contribution in [1.29, 1.82) is 0 Å². The lowest BCUT2D eigenvalue weighted by molar-refractivity contribution is -0.165. The lowest BCUT2D eigenvalue weighted by Gasteiger charge is -2.15. The van der Waals surface area contributed by atoms with Crippen LogP contribution in [0.15, 0.2) is 47.6 Å². The summed E-state index contributed by atoms with van der Waals surface area (Å²) in [7, 11) is 1.85. The second kappa shape index (κ2) is 7.44. The molecule has 1 aliphatic rings. The third-order valence-corrected chi connectivity index (χ3v) is 6.37. The average molecular weight is 497 g/mol. The number of carbonyl (C=O) groups is 1. The number of pyridine rings is 1. The fourth-order valence-corrected chi connectivity index (χ4v) is 4.38. The molecule has 14 heteroatoms. The van der Waals surface area contributed by atoms with E-state index < -0.39 is 17.6 Å². The standard InChI is InChI=1S/C22H18F3N9O2/c1-33-9-11(16-17(26)28-10-29-19(16)33)13-3-2-12(18-27-6-7-34(13)18)30-20(35)31-15-8-14(36-32-15)21(4-5-21)22(23,24)25/h2-3,6-10H,4-5H2,1H3,(H2,26,28,29)(H2,30,31,32,35). The van der Waals surface area contributed by atoms with Crippen LogP contribution >= 0.6 is 0 Å². The number of aromatic nitrogens is 6. The van der Waals surface area contributed by atoms with Crippen LogP contribution in [0.4, 0.5) is 35.3 Å². The molecule has 5 aromatic rings. The van der Waals surface area contributed by atoms with Crippen LogP contribution in [0.2, 0.25) is 0 Å². The van der Waals surface area contributed by atoms with E-state index in [0.29, 0.717) is 28.2 Å². The molecule has 5 heterocycles. The number of nitrogens with zero attached hydrogens (tertiary/aromatic N) is 6. The number of amides is 2. The molecule has 0 radical (unpaired) electrons. The Morgan fingerprint density at radius 3 is 2.72 bits per heavy atom. The summed E-state index contributed by atoms with van der Waals surface area (Å²) in [5, 5.41) is 9.31. The van der Waals surface area contributed by atoms with E-state index >= 15 is 0 Å². The maximum absolute atomic E-state index is 13.3. The predicted molar refractivity (Wildman–Crippen MR) is 123 cm³/mol. The van der Waals surface area contributed by atoms with Crippen LogP contribution < -0.4 is 16.4 Å². The van der Waals surface area contributed by atoms with Gasteiger partial charge in [-0.2, -0.15) is 13.2 Å². The second-order valence-corrected chi connectivity index (χ2v) is 8.60. The Morgan fingerprint density at radius 1 is 1.17 bits per heavy atom. The number of aryl methyl sites for hydroxylation is 1. The number of nitrogens with one attached hydrogen (secondary N) is 2. The van der Waals surface area contributed by atoms with Gasteiger partial charge in [0.15, 0.2) is 17.2 Å². The summed E-state index contributed by atoms with van der Waals surface area (Å²) < 4.78 is 48.4. The third kappa shape index (κ3) is 3.25. The molecule has 0 saturated heterocycles. The summed E-state index contributed by atoms with van der Waals surface area (Å²) in [6, 6.07) is 3.82. The zero-order valence-electron chi connectivity index (χ0n) is 18.7. The zero-order chi connectivity index (χ0) is 25.2. The number of nitrogen functional groups attached to an aromatic ring is 1.